The molecule has 0 amide bonds. The minimum atomic E-state index is 0. The average Bonchev–Trinajstić information content (AvgIpc) is 2.51. The predicted molar refractivity (Wildman–Crippen MR) is 43.6 cm³/mol. The van der Waals surface area contributed by atoms with Crippen LogP contribution in [0.25, 0.3) is 0 Å². The van der Waals surface area contributed by atoms with Gasteiger partial charge in [0, 0.05) is 0 Å². The summed E-state index contributed by atoms with van der Waals surface area (Å²) in [4.78, 5) is 0. The van der Waals surface area contributed by atoms with Gasteiger partial charge >= 0.3 is 21.7 Å². The Morgan fingerprint density at radius 1 is 1.18 bits per heavy atom. The van der Waals surface area contributed by atoms with Crippen molar-refractivity contribution in [2.45, 2.75) is 20.3 Å². The van der Waals surface area contributed by atoms with Gasteiger partial charge in [-0.1, -0.05) is 0 Å². The van der Waals surface area contributed by atoms with E-state index in [2.05, 4.69) is 26.0 Å². The first-order valence-corrected chi connectivity index (χ1v) is 3.13. The van der Waals surface area contributed by atoms with Crippen LogP contribution in [-0.4, -0.2) is 0 Å². The summed E-state index contributed by atoms with van der Waals surface area (Å²) in [6, 6.07) is 0. The van der Waals surface area contributed by atoms with Crippen LogP contribution in [0.5, 0.6) is 0 Å². The molecule has 0 bridgehead atoms. The van der Waals surface area contributed by atoms with Gasteiger partial charge in [0.1, 0.15) is 0 Å². The number of halogens is 1. The molecular weight excluding hydrogens is 191 g/mol. The maximum absolute atomic E-state index is 3.25. The van der Waals surface area contributed by atoms with Crippen LogP contribution in [0.2, 0.25) is 0 Å². The summed E-state index contributed by atoms with van der Waals surface area (Å²) in [6.07, 6.45) is 10.0. The van der Waals surface area contributed by atoms with Gasteiger partial charge in [0.05, 0.1) is 0 Å². The fourth-order valence-electron chi connectivity index (χ4n) is 0.340. The van der Waals surface area contributed by atoms with E-state index in [0.29, 0.717) is 0 Å². The van der Waals surface area contributed by atoms with E-state index in [9.17, 15) is 0 Å². The molecule has 62 valence electrons. The van der Waals surface area contributed by atoms with E-state index in [1.165, 1.54) is 0 Å². The van der Waals surface area contributed by atoms with Gasteiger partial charge in [-0.2, -0.15) is 19.9 Å². The van der Waals surface area contributed by atoms with Crippen LogP contribution < -0.4 is 12.4 Å². The number of hydrogen-bond donors (Lipinski definition) is 0. The van der Waals surface area contributed by atoms with Crippen LogP contribution in [0.1, 0.15) is 20.3 Å². The van der Waals surface area contributed by atoms with Crippen LogP contribution >= 0.6 is 0 Å². The molecule has 11 heavy (non-hydrogen) atoms. The zero-order chi connectivity index (χ0) is 7.54. The van der Waals surface area contributed by atoms with Crippen molar-refractivity contribution in [1.29, 1.82) is 0 Å². The topological polar surface area (TPSA) is 0 Å². The molecule has 0 unspecified atom stereocenters. The summed E-state index contributed by atoms with van der Waals surface area (Å²) in [7, 11) is 0. The van der Waals surface area contributed by atoms with Gasteiger partial charge in [-0.05, 0) is 0 Å². The fraction of sp³-hybridized carbons (Fsp3) is 0.333. The molecule has 1 aliphatic rings. The Kier molecular flexibility index (Phi) is 64.2. The second kappa shape index (κ2) is 31.4. The number of allylic oxidation sites excluding steroid dienone is 4. The van der Waals surface area contributed by atoms with Gasteiger partial charge in [0.2, 0.25) is 0 Å². The Morgan fingerprint density at radius 3 is 1.73 bits per heavy atom. The SMILES string of the molecule is [C-]1=CC=CC1.[CH2-]C.[CH2-]C.[Cl-].[Ti+4]. The smallest absolute Gasteiger partial charge is 1.00 e. The quantitative estimate of drug-likeness (QED) is 0.386. The van der Waals surface area contributed by atoms with Gasteiger partial charge in [0.25, 0.3) is 0 Å². The first kappa shape index (κ1) is 22.5. The molecule has 0 aliphatic heterocycles. The minimum Gasteiger partial charge on any atom is -1.00 e. The Bertz CT molecular complexity index is 67.6. The largest absolute Gasteiger partial charge is 4.00 e. The van der Waals surface area contributed by atoms with E-state index in [0.717, 1.165) is 6.42 Å². The fourth-order valence-corrected chi connectivity index (χ4v) is 0.340. The summed E-state index contributed by atoms with van der Waals surface area (Å²) < 4.78 is 0. The molecule has 0 atom stereocenters. The molecule has 0 heterocycles. The van der Waals surface area contributed by atoms with E-state index in [4.69, 9.17) is 0 Å². The van der Waals surface area contributed by atoms with Crippen molar-refractivity contribution >= 4 is 0 Å². The second-order valence-electron chi connectivity index (χ2n) is 1.00. The summed E-state index contributed by atoms with van der Waals surface area (Å²) >= 11 is 0. The van der Waals surface area contributed by atoms with Gasteiger partial charge in [-0.15, -0.1) is 6.42 Å². The molecule has 0 aromatic heterocycles. The third-order valence-electron chi connectivity index (χ3n) is 0.586. The summed E-state index contributed by atoms with van der Waals surface area (Å²) in [5.41, 5.74) is 0. The Balaban J connectivity index is -0.0000000369. The predicted octanol–water partition coefficient (Wildman–Crippen LogP) is -0.0120. The maximum Gasteiger partial charge on any atom is 4.00 e. The molecule has 0 nitrogen and oxygen atoms in total. The molecule has 0 aromatic rings. The standard InChI is InChI=1S/C5H5.2C2H5.ClH.Ti/c1-2-4-5-3-1;2*1-2;;/h1-3H,4H2;2*1H2,2H3;1H;/q3*-1;;+4/p-1. The first-order valence-electron chi connectivity index (χ1n) is 3.13. The maximum atomic E-state index is 3.25. The molecule has 0 spiro atoms. The van der Waals surface area contributed by atoms with Crippen molar-refractivity contribution in [3.05, 3.63) is 38.2 Å². The van der Waals surface area contributed by atoms with E-state index in [1.54, 1.807) is 13.8 Å². The first-order chi connectivity index (χ1) is 4.50. The summed E-state index contributed by atoms with van der Waals surface area (Å²) in [5, 5.41) is 0. The molecular formula is C9H15ClTi. The van der Waals surface area contributed by atoms with Crippen LogP contribution in [0, 0.1) is 19.9 Å². The summed E-state index contributed by atoms with van der Waals surface area (Å²) in [5.74, 6) is 0. The third-order valence-corrected chi connectivity index (χ3v) is 0.586. The van der Waals surface area contributed by atoms with Crippen LogP contribution in [0.15, 0.2) is 18.2 Å². The summed E-state index contributed by atoms with van der Waals surface area (Å²) in [6.45, 7) is 10.0. The second-order valence-corrected chi connectivity index (χ2v) is 1.00. The zero-order valence-corrected chi connectivity index (χ0v) is 9.55. The normalized spacial score (nSPS) is 9.09. The van der Waals surface area contributed by atoms with Crippen LogP contribution in [0.3, 0.4) is 0 Å². The number of rotatable bonds is 0. The molecule has 2 heteroatoms. The molecule has 1 rings (SSSR count). The van der Waals surface area contributed by atoms with Crippen LogP contribution in [-0.2, 0) is 21.7 Å². The van der Waals surface area contributed by atoms with E-state index in [1.807, 2.05) is 12.2 Å². The van der Waals surface area contributed by atoms with Crippen molar-refractivity contribution in [1.82, 2.24) is 0 Å². The zero-order valence-electron chi connectivity index (χ0n) is 7.23. The van der Waals surface area contributed by atoms with Crippen molar-refractivity contribution in [2.75, 3.05) is 0 Å². The van der Waals surface area contributed by atoms with Crippen molar-refractivity contribution < 1.29 is 34.1 Å². The van der Waals surface area contributed by atoms with Gasteiger partial charge in [-0.25, -0.2) is 12.2 Å². The molecule has 0 saturated heterocycles. The molecule has 0 N–H and O–H groups in total. The molecule has 0 fully saturated rings. The minimum absolute atomic E-state index is 0. The third kappa shape index (κ3) is 25.1. The number of hydrogen-bond acceptors (Lipinski definition) is 0. The molecule has 0 aromatic carbocycles. The van der Waals surface area contributed by atoms with Gasteiger partial charge in [-0.3, -0.25) is 6.08 Å². The monoisotopic (exact) mass is 206 g/mol. The molecule has 0 saturated carbocycles. The van der Waals surface area contributed by atoms with E-state index < -0.39 is 0 Å². The Morgan fingerprint density at radius 2 is 1.64 bits per heavy atom. The Labute approximate surface area is 92.4 Å². The van der Waals surface area contributed by atoms with E-state index in [-0.39, 0.29) is 34.1 Å². The average molecular weight is 207 g/mol. The Hall–Kier alpha value is 0.484. The molecule has 0 radical (unpaired) electrons. The van der Waals surface area contributed by atoms with Crippen LogP contribution in [0.4, 0.5) is 0 Å². The van der Waals surface area contributed by atoms with Crippen molar-refractivity contribution in [3.8, 4) is 0 Å². The van der Waals surface area contributed by atoms with E-state index >= 15 is 0 Å². The van der Waals surface area contributed by atoms with Crippen molar-refractivity contribution in [2.24, 2.45) is 0 Å². The van der Waals surface area contributed by atoms with Gasteiger partial charge < -0.3 is 26.3 Å². The van der Waals surface area contributed by atoms with Gasteiger partial charge in [0.15, 0.2) is 0 Å². The van der Waals surface area contributed by atoms with Crippen molar-refractivity contribution in [3.63, 3.8) is 0 Å². The molecule has 1 aliphatic carbocycles.